The van der Waals surface area contributed by atoms with Crippen molar-refractivity contribution >= 4 is 22.7 Å². The maximum Gasteiger partial charge on any atom is 0.330 e. The molecule has 2 aromatic carbocycles. The van der Waals surface area contributed by atoms with E-state index >= 15 is 0 Å². The Hall–Kier alpha value is -3.36. The standard InChI is InChI=1S/C23H26O8/c1-4-21(26)30-16(11-24)13-28-20-10-15(3)23(19-9-7-6-8-18(19)20)29-14-17(12-25)31-22(27)5-2/h4-10,16-17,24-25H,1-2,11-14H2,3H3. The summed E-state index contributed by atoms with van der Waals surface area (Å²) in [6.07, 6.45) is 0.344. The molecule has 0 bridgehead atoms. The number of aliphatic hydroxyl groups is 2. The fourth-order valence-corrected chi connectivity index (χ4v) is 2.79. The van der Waals surface area contributed by atoms with Crippen LogP contribution in [-0.4, -0.2) is 60.8 Å². The van der Waals surface area contributed by atoms with Crippen molar-refractivity contribution in [1.29, 1.82) is 0 Å². The Labute approximate surface area is 180 Å². The second-order valence-electron chi connectivity index (χ2n) is 6.58. The van der Waals surface area contributed by atoms with Crippen molar-refractivity contribution in [3.05, 3.63) is 61.2 Å². The normalized spacial score (nSPS) is 12.5. The molecule has 0 fully saturated rings. The molecule has 8 heteroatoms. The van der Waals surface area contributed by atoms with Crippen LogP contribution in [0.3, 0.4) is 0 Å². The lowest BCUT2D eigenvalue weighted by Crippen LogP contribution is -2.28. The summed E-state index contributed by atoms with van der Waals surface area (Å²) in [5, 5.41) is 20.3. The molecule has 0 spiro atoms. The summed E-state index contributed by atoms with van der Waals surface area (Å²) in [7, 11) is 0. The molecule has 0 aliphatic rings. The van der Waals surface area contributed by atoms with Gasteiger partial charge >= 0.3 is 11.9 Å². The van der Waals surface area contributed by atoms with E-state index in [2.05, 4.69) is 13.2 Å². The Morgan fingerprint density at radius 3 is 1.97 bits per heavy atom. The van der Waals surface area contributed by atoms with Crippen LogP contribution in [0.2, 0.25) is 0 Å². The van der Waals surface area contributed by atoms with Gasteiger partial charge in [-0.15, -0.1) is 0 Å². The van der Waals surface area contributed by atoms with E-state index in [1.807, 2.05) is 31.2 Å². The first-order chi connectivity index (χ1) is 14.9. The van der Waals surface area contributed by atoms with Gasteiger partial charge in [0.05, 0.1) is 13.2 Å². The highest BCUT2D eigenvalue weighted by atomic mass is 16.6. The van der Waals surface area contributed by atoms with Gasteiger partial charge in [0.25, 0.3) is 0 Å². The molecule has 0 aliphatic heterocycles. The molecule has 2 N–H and O–H groups in total. The SMILES string of the molecule is C=CC(=O)OC(CO)COc1cc(C)c(OCC(CO)OC(=O)C=C)c2ccccc12. The third-order valence-electron chi connectivity index (χ3n) is 4.29. The van der Waals surface area contributed by atoms with Crippen molar-refractivity contribution < 1.29 is 38.7 Å². The molecule has 2 unspecified atom stereocenters. The van der Waals surface area contributed by atoms with Gasteiger partial charge < -0.3 is 29.2 Å². The minimum absolute atomic E-state index is 0.0504. The van der Waals surface area contributed by atoms with Crippen molar-refractivity contribution in [3.63, 3.8) is 0 Å². The molecule has 166 valence electrons. The smallest absolute Gasteiger partial charge is 0.330 e. The van der Waals surface area contributed by atoms with Crippen molar-refractivity contribution in [2.45, 2.75) is 19.1 Å². The fourth-order valence-electron chi connectivity index (χ4n) is 2.79. The molecule has 8 nitrogen and oxygen atoms in total. The molecular weight excluding hydrogens is 404 g/mol. The van der Waals surface area contributed by atoms with Gasteiger partial charge in [-0.05, 0) is 18.6 Å². The van der Waals surface area contributed by atoms with Gasteiger partial charge in [0, 0.05) is 22.9 Å². The third kappa shape index (κ3) is 6.56. The van der Waals surface area contributed by atoms with Gasteiger partial charge in [-0.1, -0.05) is 37.4 Å². The molecule has 2 rings (SSSR count). The molecule has 2 atom stereocenters. The zero-order chi connectivity index (χ0) is 22.8. The van der Waals surface area contributed by atoms with Gasteiger partial charge in [0.1, 0.15) is 24.7 Å². The predicted octanol–water partition coefficient (Wildman–Crippen LogP) is 2.09. The van der Waals surface area contributed by atoms with Gasteiger partial charge in [-0.2, -0.15) is 0 Å². The van der Waals surface area contributed by atoms with Gasteiger partial charge in [-0.3, -0.25) is 0 Å². The van der Waals surface area contributed by atoms with E-state index in [1.165, 1.54) is 0 Å². The van der Waals surface area contributed by atoms with Crippen LogP contribution in [0, 0.1) is 6.92 Å². The summed E-state index contributed by atoms with van der Waals surface area (Å²) in [6.45, 7) is 7.57. The quantitative estimate of drug-likeness (QED) is 0.389. The largest absolute Gasteiger partial charge is 0.489 e. The first-order valence-electron chi connectivity index (χ1n) is 9.59. The van der Waals surface area contributed by atoms with Gasteiger partial charge in [0.15, 0.2) is 12.2 Å². The Morgan fingerprint density at radius 2 is 1.45 bits per heavy atom. The second kappa shape index (κ2) is 11.7. The summed E-state index contributed by atoms with van der Waals surface area (Å²) >= 11 is 0. The molecule has 0 aromatic heterocycles. The highest BCUT2D eigenvalue weighted by molar-refractivity contribution is 5.94. The number of aryl methyl sites for hydroxylation is 1. The van der Waals surface area contributed by atoms with Gasteiger partial charge in [-0.25, -0.2) is 9.59 Å². The summed E-state index contributed by atoms with van der Waals surface area (Å²) in [5.74, 6) is -0.232. The third-order valence-corrected chi connectivity index (χ3v) is 4.29. The lowest BCUT2D eigenvalue weighted by molar-refractivity contribution is -0.147. The predicted molar refractivity (Wildman–Crippen MR) is 114 cm³/mol. The van der Waals surface area contributed by atoms with Crippen molar-refractivity contribution in [2.24, 2.45) is 0 Å². The minimum atomic E-state index is -0.843. The Kier molecular flexibility index (Phi) is 9.05. The molecule has 0 amide bonds. The van der Waals surface area contributed by atoms with Crippen LogP contribution in [-0.2, 0) is 19.1 Å². The van der Waals surface area contributed by atoms with Crippen LogP contribution in [0.5, 0.6) is 11.5 Å². The van der Waals surface area contributed by atoms with Crippen LogP contribution in [0.25, 0.3) is 10.8 Å². The number of benzene rings is 2. The minimum Gasteiger partial charge on any atom is -0.489 e. The number of carbonyl (C=O) groups is 2. The zero-order valence-corrected chi connectivity index (χ0v) is 17.3. The number of ether oxygens (including phenoxy) is 4. The molecule has 0 aliphatic carbocycles. The highest BCUT2D eigenvalue weighted by Gasteiger charge is 2.18. The molecule has 0 saturated heterocycles. The molecule has 2 aromatic rings. The molecule has 0 heterocycles. The van der Waals surface area contributed by atoms with E-state index in [-0.39, 0.29) is 13.2 Å². The summed E-state index contributed by atoms with van der Waals surface area (Å²) in [4.78, 5) is 22.7. The van der Waals surface area contributed by atoms with Crippen LogP contribution < -0.4 is 9.47 Å². The zero-order valence-electron chi connectivity index (χ0n) is 17.3. The number of fused-ring (bicyclic) bond motifs is 1. The van der Waals surface area contributed by atoms with E-state index in [0.29, 0.717) is 11.5 Å². The first-order valence-corrected chi connectivity index (χ1v) is 9.59. The lowest BCUT2D eigenvalue weighted by atomic mass is 10.0. The van der Waals surface area contributed by atoms with Crippen LogP contribution >= 0.6 is 0 Å². The van der Waals surface area contributed by atoms with Crippen LogP contribution in [0.1, 0.15) is 5.56 Å². The van der Waals surface area contributed by atoms with Crippen molar-refractivity contribution in [3.8, 4) is 11.5 Å². The Balaban J connectivity index is 2.23. The Bertz CT molecular complexity index is 937. The van der Waals surface area contributed by atoms with E-state index in [4.69, 9.17) is 18.9 Å². The number of hydrogen-bond donors (Lipinski definition) is 2. The molecule has 31 heavy (non-hydrogen) atoms. The number of esters is 2. The van der Waals surface area contributed by atoms with Crippen molar-refractivity contribution in [2.75, 3.05) is 26.4 Å². The van der Waals surface area contributed by atoms with Crippen LogP contribution in [0.4, 0.5) is 0 Å². The van der Waals surface area contributed by atoms with E-state index in [1.54, 1.807) is 6.07 Å². The monoisotopic (exact) mass is 430 g/mol. The summed E-state index contributed by atoms with van der Waals surface area (Å²) < 4.78 is 21.8. The van der Waals surface area contributed by atoms with Crippen LogP contribution in [0.15, 0.2) is 55.6 Å². The maximum absolute atomic E-state index is 11.4. The van der Waals surface area contributed by atoms with E-state index < -0.39 is 37.4 Å². The molecular formula is C23H26O8. The fraction of sp³-hybridized carbons (Fsp3) is 0.304. The lowest BCUT2D eigenvalue weighted by Gasteiger charge is -2.20. The summed E-state index contributed by atoms with van der Waals surface area (Å²) in [5.41, 5.74) is 0.740. The average Bonchev–Trinajstić information content (AvgIpc) is 2.79. The number of aliphatic hydroxyl groups excluding tert-OH is 2. The van der Waals surface area contributed by atoms with Crippen molar-refractivity contribution in [1.82, 2.24) is 0 Å². The highest BCUT2D eigenvalue weighted by Crippen LogP contribution is 2.36. The Morgan fingerprint density at radius 1 is 0.935 bits per heavy atom. The number of carbonyl (C=O) groups excluding carboxylic acids is 2. The summed E-state index contributed by atoms with van der Waals surface area (Å²) in [6, 6.07) is 9.10. The average molecular weight is 430 g/mol. The maximum atomic E-state index is 11.4. The number of hydrogen-bond acceptors (Lipinski definition) is 8. The second-order valence-corrected chi connectivity index (χ2v) is 6.58. The molecule has 0 saturated carbocycles. The molecule has 0 radical (unpaired) electrons. The van der Waals surface area contributed by atoms with E-state index in [9.17, 15) is 19.8 Å². The van der Waals surface area contributed by atoms with Gasteiger partial charge in [0.2, 0.25) is 0 Å². The first kappa shape index (κ1) is 23.9. The van der Waals surface area contributed by atoms with E-state index in [0.717, 1.165) is 28.5 Å². The number of rotatable bonds is 12. The topological polar surface area (TPSA) is 112 Å².